The quantitative estimate of drug-likeness (QED) is 0.892. The van der Waals surface area contributed by atoms with Crippen LogP contribution in [0.1, 0.15) is 13.3 Å². The van der Waals surface area contributed by atoms with Gasteiger partial charge in [-0.15, -0.1) is 0 Å². The summed E-state index contributed by atoms with van der Waals surface area (Å²) in [7, 11) is -3.54. The highest BCUT2D eigenvalue weighted by atomic mass is 79.9. The van der Waals surface area contributed by atoms with Gasteiger partial charge in [-0.2, -0.15) is 4.31 Å². The second-order valence-corrected chi connectivity index (χ2v) is 8.41. The van der Waals surface area contributed by atoms with E-state index in [0.29, 0.717) is 19.6 Å². The molecule has 1 unspecified atom stereocenters. The van der Waals surface area contributed by atoms with Gasteiger partial charge < -0.3 is 5.73 Å². The molecular weight excluding hydrogens is 352 g/mol. The third kappa shape index (κ3) is 2.97. The molecule has 1 heterocycles. The van der Waals surface area contributed by atoms with Crippen LogP contribution in [0.3, 0.4) is 0 Å². The lowest BCUT2D eigenvalue weighted by Gasteiger charge is -2.22. The van der Waals surface area contributed by atoms with Crippen LogP contribution in [0.25, 0.3) is 0 Å². The number of hydrogen-bond donors (Lipinski definition) is 1. The number of rotatable bonds is 3. The molecule has 106 valence electrons. The van der Waals surface area contributed by atoms with Gasteiger partial charge in [0.25, 0.3) is 0 Å². The van der Waals surface area contributed by atoms with E-state index in [0.717, 1.165) is 10.9 Å². The third-order valence-electron chi connectivity index (χ3n) is 3.53. The Balaban J connectivity index is 2.34. The third-order valence-corrected chi connectivity index (χ3v) is 6.35. The highest BCUT2D eigenvalue weighted by molar-refractivity contribution is 9.10. The van der Waals surface area contributed by atoms with Gasteiger partial charge in [0, 0.05) is 17.6 Å². The number of hydrogen-bond acceptors (Lipinski definition) is 3. The Hall–Kier alpha value is -0.140. The molecule has 1 saturated heterocycles. The first-order chi connectivity index (χ1) is 8.78. The van der Waals surface area contributed by atoms with Crippen LogP contribution >= 0.6 is 27.5 Å². The molecule has 1 aromatic rings. The van der Waals surface area contributed by atoms with E-state index in [2.05, 4.69) is 15.9 Å². The van der Waals surface area contributed by atoms with Crippen molar-refractivity contribution in [3.8, 4) is 0 Å². The largest absolute Gasteiger partial charge is 0.330 e. The zero-order chi connectivity index (χ0) is 14.3. The summed E-state index contributed by atoms with van der Waals surface area (Å²) in [5.74, 6) is 0. The fraction of sp³-hybridized carbons (Fsp3) is 0.500. The predicted octanol–water partition coefficient (Wildman–Crippen LogP) is 2.46. The van der Waals surface area contributed by atoms with Crippen LogP contribution in [-0.2, 0) is 10.0 Å². The Morgan fingerprint density at radius 3 is 2.74 bits per heavy atom. The molecular formula is C12H16BrClN2O2S. The van der Waals surface area contributed by atoms with Crippen molar-refractivity contribution >= 4 is 37.6 Å². The Labute approximate surface area is 127 Å². The maximum Gasteiger partial charge on any atom is 0.244 e. The lowest BCUT2D eigenvalue weighted by molar-refractivity contribution is 0.349. The van der Waals surface area contributed by atoms with Crippen LogP contribution in [0.5, 0.6) is 0 Å². The van der Waals surface area contributed by atoms with E-state index in [4.69, 9.17) is 17.3 Å². The minimum absolute atomic E-state index is 0.144. The zero-order valence-corrected chi connectivity index (χ0v) is 13.7. The van der Waals surface area contributed by atoms with Crippen LogP contribution in [0, 0.1) is 5.41 Å². The first-order valence-electron chi connectivity index (χ1n) is 5.94. The molecule has 0 aromatic heterocycles. The van der Waals surface area contributed by atoms with E-state index in [1.165, 1.54) is 10.4 Å². The number of sulfonamides is 1. The van der Waals surface area contributed by atoms with E-state index in [9.17, 15) is 8.42 Å². The molecule has 0 radical (unpaired) electrons. The molecule has 1 atom stereocenters. The van der Waals surface area contributed by atoms with Gasteiger partial charge in [-0.3, -0.25) is 0 Å². The summed E-state index contributed by atoms with van der Waals surface area (Å²) < 4.78 is 27.3. The van der Waals surface area contributed by atoms with E-state index in [1.54, 1.807) is 12.1 Å². The van der Waals surface area contributed by atoms with Crippen molar-refractivity contribution in [3.63, 3.8) is 0 Å². The van der Waals surface area contributed by atoms with Crippen molar-refractivity contribution in [1.82, 2.24) is 4.31 Å². The molecule has 0 saturated carbocycles. The SMILES string of the molecule is CC1(CN)CCN(S(=O)(=O)c2ccc(Br)cc2Cl)C1. The van der Waals surface area contributed by atoms with Crippen LogP contribution < -0.4 is 5.73 Å². The summed E-state index contributed by atoms with van der Waals surface area (Å²) >= 11 is 9.30. The van der Waals surface area contributed by atoms with Crippen LogP contribution in [-0.4, -0.2) is 32.4 Å². The molecule has 19 heavy (non-hydrogen) atoms. The number of halogens is 2. The molecule has 1 aromatic carbocycles. The van der Waals surface area contributed by atoms with Crippen LogP contribution in [0.2, 0.25) is 5.02 Å². The van der Waals surface area contributed by atoms with Gasteiger partial charge in [0.1, 0.15) is 4.90 Å². The molecule has 4 nitrogen and oxygen atoms in total. The van der Waals surface area contributed by atoms with E-state index < -0.39 is 10.0 Å². The van der Waals surface area contributed by atoms with Gasteiger partial charge in [-0.1, -0.05) is 34.5 Å². The van der Waals surface area contributed by atoms with Gasteiger partial charge >= 0.3 is 0 Å². The Kier molecular flexibility index (Phi) is 4.28. The Morgan fingerprint density at radius 2 is 2.21 bits per heavy atom. The molecule has 2 N–H and O–H groups in total. The molecule has 0 bridgehead atoms. The standard InChI is InChI=1S/C12H16BrClN2O2S/c1-12(7-15)4-5-16(8-12)19(17,18)11-3-2-9(13)6-10(11)14/h2-3,6H,4-5,7-8,15H2,1H3. The maximum absolute atomic E-state index is 12.6. The summed E-state index contributed by atoms with van der Waals surface area (Å²) in [4.78, 5) is 0.152. The van der Waals surface area contributed by atoms with Crippen LogP contribution in [0.15, 0.2) is 27.6 Å². The maximum atomic E-state index is 12.6. The Morgan fingerprint density at radius 1 is 1.53 bits per heavy atom. The first-order valence-corrected chi connectivity index (χ1v) is 8.55. The smallest absolute Gasteiger partial charge is 0.244 e. The summed E-state index contributed by atoms with van der Waals surface area (Å²) in [6.07, 6.45) is 0.775. The second-order valence-electron chi connectivity index (χ2n) is 5.18. The summed E-state index contributed by atoms with van der Waals surface area (Å²) in [5.41, 5.74) is 5.56. The van der Waals surface area contributed by atoms with Gasteiger partial charge in [0.15, 0.2) is 0 Å². The van der Waals surface area contributed by atoms with Gasteiger partial charge in [-0.25, -0.2) is 8.42 Å². The molecule has 0 spiro atoms. The molecule has 2 rings (SSSR count). The average molecular weight is 368 g/mol. The van der Waals surface area contributed by atoms with Crippen molar-refractivity contribution in [1.29, 1.82) is 0 Å². The lowest BCUT2D eigenvalue weighted by atomic mass is 9.90. The summed E-state index contributed by atoms with van der Waals surface area (Å²) in [6, 6.07) is 4.80. The average Bonchev–Trinajstić information content (AvgIpc) is 2.73. The molecule has 1 aliphatic rings. The normalized spacial score (nSPS) is 24.8. The first kappa shape index (κ1) is 15.3. The summed E-state index contributed by atoms with van der Waals surface area (Å²) in [5, 5.41) is 0.232. The minimum atomic E-state index is -3.54. The van der Waals surface area contributed by atoms with Crippen molar-refractivity contribution in [2.75, 3.05) is 19.6 Å². The van der Waals surface area contributed by atoms with E-state index in [1.807, 2.05) is 6.92 Å². The van der Waals surface area contributed by atoms with E-state index >= 15 is 0 Å². The predicted molar refractivity (Wildman–Crippen MR) is 79.7 cm³/mol. The van der Waals surface area contributed by atoms with Crippen molar-refractivity contribution in [2.24, 2.45) is 11.1 Å². The Bertz CT molecular complexity index is 593. The highest BCUT2D eigenvalue weighted by Crippen LogP contribution is 2.35. The molecule has 1 aliphatic heterocycles. The zero-order valence-electron chi connectivity index (χ0n) is 10.6. The topological polar surface area (TPSA) is 63.4 Å². The van der Waals surface area contributed by atoms with Crippen molar-refractivity contribution < 1.29 is 8.42 Å². The molecule has 0 amide bonds. The summed E-state index contributed by atoms with van der Waals surface area (Å²) in [6.45, 7) is 3.42. The monoisotopic (exact) mass is 366 g/mol. The van der Waals surface area contributed by atoms with Crippen molar-refractivity contribution in [3.05, 3.63) is 27.7 Å². The minimum Gasteiger partial charge on any atom is -0.330 e. The van der Waals surface area contributed by atoms with E-state index in [-0.39, 0.29) is 15.3 Å². The van der Waals surface area contributed by atoms with Crippen LogP contribution in [0.4, 0.5) is 0 Å². The molecule has 1 fully saturated rings. The fourth-order valence-electron chi connectivity index (χ4n) is 2.17. The molecule has 0 aliphatic carbocycles. The van der Waals surface area contributed by atoms with Gasteiger partial charge in [-0.05, 0) is 36.6 Å². The lowest BCUT2D eigenvalue weighted by Crippen LogP contribution is -2.34. The van der Waals surface area contributed by atoms with Gasteiger partial charge in [0.05, 0.1) is 5.02 Å². The molecule has 7 heteroatoms. The number of nitrogens with zero attached hydrogens (tertiary/aromatic N) is 1. The number of benzene rings is 1. The number of nitrogens with two attached hydrogens (primary N) is 1. The fourth-order valence-corrected chi connectivity index (χ4v) is 4.78. The van der Waals surface area contributed by atoms with Gasteiger partial charge in [0.2, 0.25) is 10.0 Å². The second kappa shape index (κ2) is 5.33. The van der Waals surface area contributed by atoms with Crippen molar-refractivity contribution in [2.45, 2.75) is 18.2 Å². The highest BCUT2D eigenvalue weighted by Gasteiger charge is 2.39.